The van der Waals surface area contributed by atoms with Crippen LogP contribution in [0.1, 0.15) is 42.4 Å². The zero-order valence-corrected chi connectivity index (χ0v) is 22.2. The summed E-state index contributed by atoms with van der Waals surface area (Å²) in [7, 11) is 2.94. The first-order valence-electron chi connectivity index (χ1n) is 12.5. The van der Waals surface area contributed by atoms with Crippen LogP contribution in [0.3, 0.4) is 0 Å². The van der Waals surface area contributed by atoms with E-state index in [-0.39, 0.29) is 18.7 Å². The molecule has 0 radical (unpaired) electrons. The van der Waals surface area contributed by atoms with Gasteiger partial charge in [-0.25, -0.2) is 0 Å². The van der Waals surface area contributed by atoms with E-state index in [0.29, 0.717) is 35.1 Å². The summed E-state index contributed by atoms with van der Waals surface area (Å²) >= 11 is 6.15. The summed E-state index contributed by atoms with van der Waals surface area (Å²) in [4.78, 5) is 24.1. The van der Waals surface area contributed by atoms with Crippen molar-refractivity contribution in [2.24, 2.45) is 0 Å². The fourth-order valence-electron chi connectivity index (χ4n) is 3.95. The van der Waals surface area contributed by atoms with Gasteiger partial charge in [-0.2, -0.15) is 0 Å². The van der Waals surface area contributed by atoms with Crippen molar-refractivity contribution in [2.75, 3.05) is 26.1 Å². The van der Waals surface area contributed by atoms with Crippen molar-refractivity contribution >= 4 is 29.2 Å². The maximum absolute atomic E-state index is 12.5. The van der Waals surface area contributed by atoms with Gasteiger partial charge in [0.25, 0.3) is 0 Å². The lowest BCUT2D eigenvalue weighted by molar-refractivity contribution is -0.139. The lowest BCUT2D eigenvalue weighted by Gasteiger charge is -2.12. The number of aryl methyl sites for hydroxylation is 2. The minimum Gasteiger partial charge on any atom is -0.496 e. The summed E-state index contributed by atoms with van der Waals surface area (Å²) in [6.07, 6.45) is 5.15. The third kappa shape index (κ3) is 9.47. The van der Waals surface area contributed by atoms with Gasteiger partial charge in [-0.1, -0.05) is 48.0 Å². The van der Waals surface area contributed by atoms with E-state index >= 15 is 0 Å². The number of unbranched alkanes of at least 4 members (excludes halogenated alkanes) is 2. The summed E-state index contributed by atoms with van der Waals surface area (Å²) in [6.45, 7) is 0.652. The van der Waals surface area contributed by atoms with Gasteiger partial charge in [-0.05, 0) is 73.1 Å². The summed E-state index contributed by atoms with van der Waals surface area (Å²) in [6, 6.07) is 21.3. The third-order valence-electron chi connectivity index (χ3n) is 5.99. The number of methoxy groups -OCH3 is 2. The van der Waals surface area contributed by atoms with E-state index in [1.165, 1.54) is 12.7 Å². The average molecular weight is 524 g/mol. The summed E-state index contributed by atoms with van der Waals surface area (Å²) in [5, 5.41) is 3.31. The average Bonchev–Trinajstić information content (AvgIpc) is 2.92. The predicted octanol–water partition coefficient (Wildman–Crippen LogP) is 6.43. The molecule has 0 heterocycles. The highest BCUT2D eigenvalue weighted by molar-refractivity contribution is 6.31. The van der Waals surface area contributed by atoms with Gasteiger partial charge >= 0.3 is 5.97 Å². The minimum absolute atomic E-state index is 0.0400. The Morgan fingerprint density at radius 3 is 2.43 bits per heavy atom. The number of amides is 1. The van der Waals surface area contributed by atoms with Crippen LogP contribution in [0.2, 0.25) is 5.02 Å². The fourth-order valence-corrected chi connectivity index (χ4v) is 4.14. The second-order valence-corrected chi connectivity index (χ2v) is 9.13. The van der Waals surface area contributed by atoms with Crippen LogP contribution < -0.4 is 14.8 Å². The van der Waals surface area contributed by atoms with Crippen LogP contribution in [-0.4, -0.2) is 32.7 Å². The zero-order valence-electron chi connectivity index (χ0n) is 21.4. The van der Waals surface area contributed by atoms with E-state index in [4.69, 9.17) is 25.8 Å². The third-order valence-corrected chi connectivity index (χ3v) is 6.36. The number of nitrogens with one attached hydrogen (secondary N) is 1. The molecular formula is C30H34ClNO5. The Balaban J connectivity index is 1.43. The topological polar surface area (TPSA) is 73.9 Å². The maximum Gasteiger partial charge on any atom is 0.310 e. The SMILES string of the molecule is COC(=O)Cc1cc(NC(=O)CCc2ccc(OCCCCCc3ccccc3)cc2OC)ccc1Cl. The van der Waals surface area contributed by atoms with Crippen LogP contribution in [0.5, 0.6) is 11.5 Å². The Bertz CT molecular complexity index is 1170. The number of carbonyl (C=O) groups is 2. The fraction of sp³-hybridized carbons (Fsp3) is 0.333. The molecule has 0 aliphatic heterocycles. The van der Waals surface area contributed by atoms with Crippen molar-refractivity contribution in [1.82, 2.24) is 0 Å². The Morgan fingerprint density at radius 1 is 0.865 bits per heavy atom. The smallest absolute Gasteiger partial charge is 0.310 e. The number of carbonyl (C=O) groups excluding carboxylic acids is 2. The Kier molecular flexibility index (Phi) is 11.3. The van der Waals surface area contributed by atoms with Gasteiger partial charge in [0, 0.05) is 23.2 Å². The first-order valence-corrected chi connectivity index (χ1v) is 12.8. The molecule has 0 atom stereocenters. The normalized spacial score (nSPS) is 10.6. The highest BCUT2D eigenvalue weighted by Crippen LogP contribution is 2.27. The van der Waals surface area contributed by atoms with Crippen molar-refractivity contribution < 1.29 is 23.8 Å². The Hall–Kier alpha value is -3.51. The largest absolute Gasteiger partial charge is 0.496 e. The number of halogens is 1. The summed E-state index contributed by atoms with van der Waals surface area (Å²) in [5.41, 5.74) is 3.47. The molecule has 7 heteroatoms. The first kappa shape index (κ1) is 28.1. The molecule has 0 saturated carbocycles. The van der Waals surface area contributed by atoms with Gasteiger partial charge in [-0.3, -0.25) is 9.59 Å². The number of hydrogen-bond donors (Lipinski definition) is 1. The van der Waals surface area contributed by atoms with E-state index in [1.807, 2.05) is 24.3 Å². The molecule has 0 spiro atoms. The van der Waals surface area contributed by atoms with Gasteiger partial charge in [0.05, 0.1) is 27.2 Å². The van der Waals surface area contributed by atoms with E-state index in [9.17, 15) is 9.59 Å². The van der Waals surface area contributed by atoms with E-state index in [2.05, 4.69) is 29.6 Å². The molecule has 0 aliphatic rings. The highest BCUT2D eigenvalue weighted by atomic mass is 35.5. The molecule has 3 aromatic carbocycles. The zero-order chi connectivity index (χ0) is 26.5. The number of rotatable bonds is 14. The Labute approximate surface area is 223 Å². The molecule has 196 valence electrons. The molecule has 3 rings (SSSR count). The van der Waals surface area contributed by atoms with E-state index in [1.54, 1.807) is 25.3 Å². The molecule has 1 N–H and O–H groups in total. The summed E-state index contributed by atoms with van der Waals surface area (Å²) < 4.78 is 16.1. The lowest BCUT2D eigenvalue weighted by Crippen LogP contribution is -2.13. The highest BCUT2D eigenvalue weighted by Gasteiger charge is 2.12. The molecule has 0 aliphatic carbocycles. The van der Waals surface area contributed by atoms with Crippen LogP contribution in [-0.2, 0) is 33.6 Å². The van der Waals surface area contributed by atoms with E-state index < -0.39 is 5.97 Å². The van der Waals surface area contributed by atoms with Gasteiger partial charge in [0.1, 0.15) is 11.5 Å². The number of esters is 1. The monoisotopic (exact) mass is 523 g/mol. The molecule has 0 fully saturated rings. The van der Waals surface area contributed by atoms with Gasteiger partial charge in [0.15, 0.2) is 0 Å². The number of anilines is 1. The molecule has 0 aromatic heterocycles. The maximum atomic E-state index is 12.5. The van der Waals surface area contributed by atoms with Crippen LogP contribution >= 0.6 is 11.6 Å². The quantitative estimate of drug-likeness (QED) is 0.195. The number of benzene rings is 3. The molecule has 1 amide bonds. The molecule has 3 aromatic rings. The van der Waals surface area contributed by atoms with Crippen molar-refractivity contribution in [1.29, 1.82) is 0 Å². The second kappa shape index (κ2) is 14.9. The molecule has 0 bridgehead atoms. The predicted molar refractivity (Wildman–Crippen MR) is 147 cm³/mol. The summed E-state index contributed by atoms with van der Waals surface area (Å²) in [5.74, 6) is 0.908. The van der Waals surface area contributed by atoms with Gasteiger partial charge < -0.3 is 19.5 Å². The van der Waals surface area contributed by atoms with Crippen LogP contribution in [0.4, 0.5) is 5.69 Å². The van der Waals surface area contributed by atoms with Gasteiger partial charge in [0.2, 0.25) is 5.91 Å². The lowest BCUT2D eigenvalue weighted by atomic mass is 10.1. The molecule has 6 nitrogen and oxygen atoms in total. The number of ether oxygens (including phenoxy) is 3. The minimum atomic E-state index is -0.395. The van der Waals surface area contributed by atoms with Crippen LogP contribution in [0.25, 0.3) is 0 Å². The molecular weight excluding hydrogens is 490 g/mol. The molecule has 0 unspecified atom stereocenters. The van der Waals surface area contributed by atoms with Gasteiger partial charge in [-0.15, -0.1) is 0 Å². The standard InChI is InChI=1S/C30H34ClNO5/c1-35-28-21-26(37-18-8-4-7-11-22-9-5-3-6-10-22)15-12-23(28)13-17-29(33)32-25-14-16-27(31)24(19-25)20-30(34)36-2/h3,5-6,9-10,12,14-16,19,21H,4,7-8,11,13,17-18,20H2,1-2H3,(H,32,33). The molecule has 0 saturated heterocycles. The van der Waals surface area contributed by atoms with Crippen LogP contribution in [0.15, 0.2) is 66.7 Å². The molecule has 37 heavy (non-hydrogen) atoms. The Morgan fingerprint density at radius 2 is 1.68 bits per heavy atom. The first-order chi connectivity index (χ1) is 18.0. The van der Waals surface area contributed by atoms with Crippen molar-refractivity contribution in [3.63, 3.8) is 0 Å². The van der Waals surface area contributed by atoms with Crippen LogP contribution in [0, 0.1) is 0 Å². The van der Waals surface area contributed by atoms with Crippen molar-refractivity contribution in [3.05, 3.63) is 88.4 Å². The van der Waals surface area contributed by atoms with Crippen molar-refractivity contribution in [3.8, 4) is 11.5 Å². The number of hydrogen-bond acceptors (Lipinski definition) is 5. The van der Waals surface area contributed by atoms with E-state index in [0.717, 1.165) is 37.0 Å². The second-order valence-electron chi connectivity index (χ2n) is 8.73. The van der Waals surface area contributed by atoms with Crippen molar-refractivity contribution in [2.45, 2.75) is 44.9 Å².